The molecule has 3 atom stereocenters. The predicted octanol–water partition coefficient (Wildman–Crippen LogP) is 0.495. The lowest BCUT2D eigenvalue weighted by Gasteiger charge is -2.14. The van der Waals surface area contributed by atoms with Gasteiger partial charge < -0.3 is 26.0 Å². The molecule has 0 spiro atoms. The Hall–Kier alpha value is -1.40. The molecule has 0 aromatic heterocycles. The SMILES string of the molecule is CC(O)CC(O)CC(=N)C1=C(O)C(C(C)C)NC1=O. The summed E-state index contributed by atoms with van der Waals surface area (Å²) in [5, 5.41) is 39.2. The molecule has 1 rings (SSSR count). The average Bonchev–Trinajstić information content (AvgIpc) is 2.52. The summed E-state index contributed by atoms with van der Waals surface area (Å²) in [5.41, 5.74) is -0.158. The number of nitrogens with one attached hydrogen (secondary N) is 2. The van der Waals surface area contributed by atoms with Crippen molar-refractivity contribution in [2.75, 3.05) is 0 Å². The molecule has 0 saturated heterocycles. The summed E-state index contributed by atoms with van der Waals surface area (Å²) >= 11 is 0. The molecule has 0 aromatic carbocycles. The third-order valence-corrected chi connectivity index (χ3v) is 3.09. The second-order valence-corrected chi connectivity index (χ2v) is 5.38. The Balaban J connectivity index is 2.78. The molecule has 0 aliphatic carbocycles. The first-order chi connectivity index (χ1) is 8.73. The molecule has 1 aliphatic rings. The van der Waals surface area contributed by atoms with Crippen LogP contribution in [0.15, 0.2) is 11.3 Å². The third kappa shape index (κ3) is 3.78. The summed E-state index contributed by atoms with van der Waals surface area (Å²) < 4.78 is 0. The first-order valence-corrected chi connectivity index (χ1v) is 6.42. The highest BCUT2D eigenvalue weighted by atomic mass is 16.3. The fraction of sp³-hybridized carbons (Fsp3) is 0.692. The van der Waals surface area contributed by atoms with E-state index in [1.54, 1.807) is 6.92 Å². The molecule has 3 unspecified atom stereocenters. The van der Waals surface area contributed by atoms with Crippen LogP contribution in [0, 0.1) is 11.3 Å². The zero-order chi connectivity index (χ0) is 14.7. The van der Waals surface area contributed by atoms with E-state index in [2.05, 4.69) is 5.32 Å². The lowest BCUT2D eigenvalue weighted by atomic mass is 9.98. The van der Waals surface area contributed by atoms with Crippen molar-refractivity contribution in [1.29, 1.82) is 5.41 Å². The van der Waals surface area contributed by atoms with E-state index in [0.29, 0.717) is 0 Å². The number of hydrogen-bond donors (Lipinski definition) is 5. The molecule has 0 aromatic rings. The van der Waals surface area contributed by atoms with Gasteiger partial charge in [-0.15, -0.1) is 0 Å². The monoisotopic (exact) mass is 270 g/mol. The van der Waals surface area contributed by atoms with Gasteiger partial charge in [0.1, 0.15) is 5.76 Å². The Bertz CT molecular complexity index is 401. The van der Waals surface area contributed by atoms with Crippen molar-refractivity contribution in [3.8, 4) is 0 Å². The van der Waals surface area contributed by atoms with E-state index in [0.717, 1.165) is 0 Å². The van der Waals surface area contributed by atoms with Crippen LogP contribution in [-0.4, -0.2) is 45.2 Å². The molecule has 0 saturated carbocycles. The minimum Gasteiger partial charge on any atom is -0.509 e. The van der Waals surface area contributed by atoms with Crippen LogP contribution in [-0.2, 0) is 4.79 Å². The zero-order valence-corrected chi connectivity index (χ0v) is 11.5. The molecule has 1 heterocycles. The summed E-state index contributed by atoms with van der Waals surface area (Å²) in [6.45, 7) is 5.26. The van der Waals surface area contributed by atoms with Crippen LogP contribution in [0.4, 0.5) is 0 Å². The van der Waals surface area contributed by atoms with Gasteiger partial charge in [-0.25, -0.2) is 0 Å². The van der Waals surface area contributed by atoms with Gasteiger partial charge in [-0.1, -0.05) is 13.8 Å². The number of carbonyl (C=O) groups excluding carboxylic acids is 1. The van der Waals surface area contributed by atoms with Crippen LogP contribution in [0.25, 0.3) is 0 Å². The van der Waals surface area contributed by atoms with E-state index in [9.17, 15) is 15.0 Å². The van der Waals surface area contributed by atoms with Gasteiger partial charge in [0.25, 0.3) is 5.91 Å². The van der Waals surface area contributed by atoms with Gasteiger partial charge in [0.05, 0.1) is 29.5 Å². The summed E-state index contributed by atoms with van der Waals surface area (Å²) in [7, 11) is 0. The third-order valence-electron chi connectivity index (χ3n) is 3.09. The van der Waals surface area contributed by atoms with Crippen LogP contribution in [0.3, 0.4) is 0 Å². The number of amides is 1. The van der Waals surface area contributed by atoms with Crippen molar-refractivity contribution in [3.63, 3.8) is 0 Å². The van der Waals surface area contributed by atoms with Crippen molar-refractivity contribution in [2.24, 2.45) is 5.92 Å². The maximum atomic E-state index is 11.7. The lowest BCUT2D eigenvalue weighted by Crippen LogP contribution is -2.33. The highest BCUT2D eigenvalue weighted by Gasteiger charge is 2.35. The number of carbonyl (C=O) groups is 1. The molecule has 108 valence electrons. The molecular weight excluding hydrogens is 248 g/mol. The van der Waals surface area contributed by atoms with E-state index in [1.807, 2.05) is 13.8 Å². The van der Waals surface area contributed by atoms with Gasteiger partial charge in [0, 0.05) is 6.42 Å². The van der Waals surface area contributed by atoms with Crippen molar-refractivity contribution in [1.82, 2.24) is 5.32 Å². The molecule has 6 heteroatoms. The number of aliphatic hydroxyl groups is 3. The highest BCUT2D eigenvalue weighted by Crippen LogP contribution is 2.23. The van der Waals surface area contributed by atoms with Crippen molar-refractivity contribution in [2.45, 2.75) is 51.9 Å². The van der Waals surface area contributed by atoms with Crippen molar-refractivity contribution in [3.05, 3.63) is 11.3 Å². The summed E-state index contributed by atoms with van der Waals surface area (Å²) in [6, 6.07) is -0.475. The lowest BCUT2D eigenvalue weighted by molar-refractivity contribution is -0.116. The molecule has 0 bridgehead atoms. The molecule has 6 nitrogen and oxygen atoms in total. The van der Waals surface area contributed by atoms with Gasteiger partial charge in [0.2, 0.25) is 0 Å². The van der Waals surface area contributed by atoms with Gasteiger partial charge in [-0.2, -0.15) is 0 Å². The summed E-state index contributed by atoms with van der Waals surface area (Å²) in [5.74, 6) is -0.587. The average molecular weight is 270 g/mol. The highest BCUT2D eigenvalue weighted by molar-refractivity contribution is 6.22. The van der Waals surface area contributed by atoms with Crippen molar-refractivity contribution >= 4 is 11.6 Å². The van der Waals surface area contributed by atoms with Gasteiger partial charge >= 0.3 is 0 Å². The second-order valence-electron chi connectivity index (χ2n) is 5.38. The van der Waals surface area contributed by atoms with E-state index in [-0.39, 0.29) is 35.8 Å². The predicted molar refractivity (Wildman–Crippen MR) is 71.1 cm³/mol. The van der Waals surface area contributed by atoms with E-state index < -0.39 is 24.2 Å². The number of hydrogen-bond acceptors (Lipinski definition) is 5. The molecule has 19 heavy (non-hydrogen) atoms. The first-order valence-electron chi connectivity index (χ1n) is 6.42. The molecule has 1 amide bonds. The Kier molecular flexibility index (Phi) is 5.08. The molecular formula is C13H22N2O4. The number of rotatable bonds is 6. The van der Waals surface area contributed by atoms with E-state index >= 15 is 0 Å². The zero-order valence-electron chi connectivity index (χ0n) is 11.5. The minimum absolute atomic E-state index is 0.0247. The Morgan fingerprint density at radius 3 is 2.37 bits per heavy atom. The molecule has 1 aliphatic heterocycles. The standard InChI is InChI=1S/C13H22N2O4/c1-6(2)11-12(18)10(13(19)15-11)9(14)5-8(17)4-7(3)16/h6-8,11,14,16-18H,4-5H2,1-3H3,(H,15,19). The Morgan fingerprint density at radius 1 is 1.37 bits per heavy atom. The quantitative estimate of drug-likeness (QED) is 0.452. The largest absolute Gasteiger partial charge is 0.509 e. The van der Waals surface area contributed by atoms with E-state index in [4.69, 9.17) is 10.5 Å². The summed E-state index contributed by atoms with van der Waals surface area (Å²) in [6.07, 6.45) is -1.52. The van der Waals surface area contributed by atoms with Gasteiger partial charge in [-0.3, -0.25) is 4.79 Å². The summed E-state index contributed by atoms with van der Waals surface area (Å²) in [4.78, 5) is 11.7. The first kappa shape index (κ1) is 15.7. The van der Waals surface area contributed by atoms with Crippen LogP contribution in [0.5, 0.6) is 0 Å². The van der Waals surface area contributed by atoms with Crippen LogP contribution < -0.4 is 5.32 Å². The van der Waals surface area contributed by atoms with Crippen LogP contribution in [0.1, 0.15) is 33.6 Å². The van der Waals surface area contributed by atoms with Crippen LogP contribution >= 0.6 is 0 Å². The fourth-order valence-corrected chi connectivity index (χ4v) is 2.14. The Morgan fingerprint density at radius 2 is 1.95 bits per heavy atom. The molecule has 5 N–H and O–H groups in total. The van der Waals surface area contributed by atoms with Gasteiger partial charge in [0.15, 0.2) is 0 Å². The van der Waals surface area contributed by atoms with Crippen molar-refractivity contribution < 1.29 is 20.1 Å². The second kappa shape index (κ2) is 6.16. The minimum atomic E-state index is -0.904. The Labute approximate surface area is 112 Å². The number of aliphatic hydroxyl groups excluding tert-OH is 3. The normalized spacial score (nSPS) is 22.6. The topological polar surface area (TPSA) is 114 Å². The van der Waals surface area contributed by atoms with E-state index in [1.165, 1.54) is 0 Å². The van der Waals surface area contributed by atoms with Crippen LogP contribution in [0.2, 0.25) is 0 Å². The maximum absolute atomic E-state index is 11.7. The maximum Gasteiger partial charge on any atom is 0.257 e. The fourth-order valence-electron chi connectivity index (χ4n) is 2.14. The molecule has 0 fully saturated rings. The van der Waals surface area contributed by atoms with Gasteiger partial charge in [-0.05, 0) is 19.3 Å². The smallest absolute Gasteiger partial charge is 0.257 e. The molecule has 0 radical (unpaired) electrons.